The van der Waals surface area contributed by atoms with Crippen molar-refractivity contribution in [1.29, 1.82) is 0 Å². The molecular formula is C15H14F3NO. The van der Waals surface area contributed by atoms with Gasteiger partial charge in [-0.05, 0) is 43.7 Å². The molecule has 2 nitrogen and oxygen atoms in total. The van der Waals surface area contributed by atoms with Crippen molar-refractivity contribution >= 4 is 0 Å². The SMILES string of the molecule is Cc1cc(Oc2cccc(F)c2F)c([C@@H](C)N)cc1F. The van der Waals surface area contributed by atoms with Gasteiger partial charge in [-0.1, -0.05) is 6.07 Å². The summed E-state index contributed by atoms with van der Waals surface area (Å²) in [7, 11) is 0. The lowest BCUT2D eigenvalue weighted by atomic mass is 10.1. The van der Waals surface area contributed by atoms with Gasteiger partial charge in [0.25, 0.3) is 0 Å². The molecule has 1 atom stereocenters. The average molecular weight is 281 g/mol. The summed E-state index contributed by atoms with van der Waals surface area (Å²) in [6, 6.07) is 5.77. The first-order chi connectivity index (χ1) is 9.40. The summed E-state index contributed by atoms with van der Waals surface area (Å²) >= 11 is 0. The van der Waals surface area contributed by atoms with E-state index in [1.54, 1.807) is 13.8 Å². The number of ether oxygens (including phenoxy) is 1. The molecule has 0 amide bonds. The lowest BCUT2D eigenvalue weighted by molar-refractivity contribution is 0.410. The third kappa shape index (κ3) is 2.77. The molecule has 20 heavy (non-hydrogen) atoms. The Morgan fingerprint density at radius 3 is 2.40 bits per heavy atom. The van der Waals surface area contributed by atoms with Crippen molar-refractivity contribution in [3.8, 4) is 11.5 Å². The second kappa shape index (κ2) is 5.54. The molecule has 0 aliphatic rings. The van der Waals surface area contributed by atoms with Crippen LogP contribution in [-0.2, 0) is 0 Å². The fourth-order valence-corrected chi connectivity index (χ4v) is 1.80. The van der Waals surface area contributed by atoms with Gasteiger partial charge in [-0.15, -0.1) is 0 Å². The van der Waals surface area contributed by atoms with Gasteiger partial charge in [-0.2, -0.15) is 4.39 Å². The van der Waals surface area contributed by atoms with Gasteiger partial charge in [0, 0.05) is 11.6 Å². The standard InChI is InChI=1S/C15H14F3NO/c1-8-6-14(10(9(2)19)7-12(8)17)20-13-5-3-4-11(16)15(13)18/h3-7,9H,19H2,1-2H3/t9-/m1/s1. The van der Waals surface area contributed by atoms with Crippen molar-refractivity contribution < 1.29 is 17.9 Å². The summed E-state index contributed by atoms with van der Waals surface area (Å²) in [6.07, 6.45) is 0. The minimum Gasteiger partial charge on any atom is -0.454 e. The number of hydrogen-bond donors (Lipinski definition) is 1. The highest BCUT2D eigenvalue weighted by molar-refractivity contribution is 5.43. The third-order valence-corrected chi connectivity index (χ3v) is 2.92. The van der Waals surface area contributed by atoms with Crippen molar-refractivity contribution in [3.05, 3.63) is 58.9 Å². The van der Waals surface area contributed by atoms with Crippen molar-refractivity contribution in [2.75, 3.05) is 0 Å². The quantitative estimate of drug-likeness (QED) is 0.914. The topological polar surface area (TPSA) is 35.2 Å². The van der Waals surface area contributed by atoms with Gasteiger partial charge in [0.2, 0.25) is 5.82 Å². The predicted octanol–water partition coefficient (Wildman–Crippen LogP) is 4.22. The molecule has 0 unspecified atom stereocenters. The van der Waals surface area contributed by atoms with Crippen LogP contribution in [0.5, 0.6) is 11.5 Å². The monoisotopic (exact) mass is 281 g/mol. The lowest BCUT2D eigenvalue weighted by Gasteiger charge is -2.15. The number of hydrogen-bond acceptors (Lipinski definition) is 2. The van der Waals surface area contributed by atoms with Crippen LogP contribution >= 0.6 is 0 Å². The third-order valence-electron chi connectivity index (χ3n) is 2.92. The van der Waals surface area contributed by atoms with Crippen molar-refractivity contribution in [2.24, 2.45) is 5.73 Å². The van der Waals surface area contributed by atoms with E-state index >= 15 is 0 Å². The normalized spacial score (nSPS) is 12.3. The first-order valence-electron chi connectivity index (χ1n) is 6.07. The minimum absolute atomic E-state index is 0.211. The zero-order valence-corrected chi connectivity index (χ0v) is 11.1. The Morgan fingerprint density at radius 1 is 1.05 bits per heavy atom. The molecule has 0 saturated carbocycles. The van der Waals surface area contributed by atoms with Crippen LogP contribution in [0.1, 0.15) is 24.1 Å². The minimum atomic E-state index is -1.09. The van der Waals surface area contributed by atoms with Gasteiger partial charge < -0.3 is 10.5 Å². The summed E-state index contributed by atoms with van der Waals surface area (Å²) in [5.74, 6) is -2.58. The zero-order chi connectivity index (χ0) is 14.9. The van der Waals surface area contributed by atoms with Crippen LogP contribution in [0.15, 0.2) is 30.3 Å². The summed E-state index contributed by atoms with van der Waals surface area (Å²) in [4.78, 5) is 0. The van der Waals surface area contributed by atoms with Gasteiger partial charge >= 0.3 is 0 Å². The Balaban J connectivity index is 2.47. The van der Waals surface area contributed by atoms with Crippen molar-refractivity contribution in [3.63, 3.8) is 0 Å². The molecule has 0 fully saturated rings. The van der Waals surface area contributed by atoms with Crippen LogP contribution in [0.25, 0.3) is 0 Å². The Kier molecular flexibility index (Phi) is 3.99. The Labute approximate surface area is 115 Å². The van der Waals surface area contributed by atoms with E-state index in [4.69, 9.17) is 10.5 Å². The van der Waals surface area contributed by atoms with Crippen LogP contribution in [-0.4, -0.2) is 0 Å². The van der Waals surface area contributed by atoms with Gasteiger partial charge in [-0.25, -0.2) is 8.78 Å². The van der Waals surface area contributed by atoms with Gasteiger partial charge in [0.1, 0.15) is 11.6 Å². The number of halogens is 3. The van der Waals surface area contributed by atoms with Crippen molar-refractivity contribution in [1.82, 2.24) is 0 Å². The fraction of sp³-hybridized carbons (Fsp3) is 0.200. The van der Waals surface area contributed by atoms with E-state index in [2.05, 4.69) is 0 Å². The van der Waals surface area contributed by atoms with E-state index in [0.717, 1.165) is 6.07 Å². The molecule has 0 spiro atoms. The second-order valence-electron chi connectivity index (χ2n) is 4.58. The smallest absolute Gasteiger partial charge is 0.201 e. The Morgan fingerprint density at radius 2 is 1.75 bits per heavy atom. The van der Waals surface area contributed by atoms with Crippen LogP contribution in [0.4, 0.5) is 13.2 Å². The molecule has 0 heterocycles. The molecule has 0 aliphatic heterocycles. The second-order valence-corrected chi connectivity index (χ2v) is 4.58. The average Bonchev–Trinajstić information content (AvgIpc) is 2.38. The van der Waals surface area contributed by atoms with Crippen LogP contribution in [0.2, 0.25) is 0 Å². The van der Waals surface area contributed by atoms with Crippen LogP contribution in [0, 0.1) is 24.4 Å². The molecule has 0 bridgehead atoms. The molecule has 106 valence electrons. The highest BCUT2D eigenvalue weighted by Gasteiger charge is 2.16. The molecule has 2 rings (SSSR count). The summed E-state index contributed by atoms with van der Waals surface area (Å²) in [5, 5.41) is 0. The molecule has 0 aliphatic carbocycles. The van der Waals surface area contributed by atoms with Crippen molar-refractivity contribution in [2.45, 2.75) is 19.9 Å². The lowest BCUT2D eigenvalue weighted by Crippen LogP contribution is -2.08. The molecule has 5 heteroatoms. The Bertz CT molecular complexity index is 641. The highest BCUT2D eigenvalue weighted by atomic mass is 19.2. The maximum atomic E-state index is 13.6. The highest BCUT2D eigenvalue weighted by Crippen LogP contribution is 2.32. The van der Waals surface area contributed by atoms with Gasteiger partial charge in [0.15, 0.2) is 11.6 Å². The summed E-state index contributed by atoms with van der Waals surface area (Å²) in [5.41, 5.74) is 6.46. The molecule has 2 aromatic rings. The van der Waals surface area contributed by atoms with Crippen LogP contribution < -0.4 is 10.5 Å². The van der Waals surface area contributed by atoms with E-state index in [-0.39, 0.29) is 11.5 Å². The molecule has 2 N–H and O–H groups in total. The van der Waals surface area contributed by atoms with Gasteiger partial charge in [0.05, 0.1) is 0 Å². The number of rotatable bonds is 3. The summed E-state index contributed by atoms with van der Waals surface area (Å²) < 4.78 is 45.7. The van der Waals surface area contributed by atoms with E-state index in [1.165, 1.54) is 24.3 Å². The molecule has 0 aromatic heterocycles. The maximum Gasteiger partial charge on any atom is 0.201 e. The largest absolute Gasteiger partial charge is 0.454 e. The molecule has 2 aromatic carbocycles. The van der Waals surface area contributed by atoms with E-state index < -0.39 is 23.5 Å². The fourth-order valence-electron chi connectivity index (χ4n) is 1.80. The molecule has 0 radical (unpaired) electrons. The van der Waals surface area contributed by atoms with E-state index in [0.29, 0.717) is 11.1 Å². The predicted molar refractivity (Wildman–Crippen MR) is 70.2 cm³/mol. The molecular weight excluding hydrogens is 267 g/mol. The maximum absolute atomic E-state index is 13.6. The van der Waals surface area contributed by atoms with Crippen LogP contribution in [0.3, 0.4) is 0 Å². The zero-order valence-electron chi connectivity index (χ0n) is 11.1. The van der Waals surface area contributed by atoms with Gasteiger partial charge in [-0.3, -0.25) is 0 Å². The number of benzene rings is 2. The number of aryl methyl sites for hydroxylation is 1. The van der Waals surface area contributed by atoms with E-state index in [9.17, 15) is 13.2 Å². The van der Waals surface area contributed by atoms with E-state index in [1.807, 2.05) is 0 Å². The Hall–Kier alpha value is -2.01. The molecule has 0 saturated heterocycles. The first kappa shape index (κ1) is 14.4. The first-order valence-corrected chi connectivity index (χ1v) is 6.07. The number of nitrogens with two attached hydrogens (primary N) is 1. The summed E-state index contributed by atoms with van der Waals surface area (Å²) in [6.45, 7) is 3.20.